The predicted octanol–water partition coefficient (Wildman–Crippen LogP) is 5.36. The minimum atomic E-state index is -0.868. The quantitative estimate of drug-likeness (QED) is 0.651. The molecule has 3 aromatic rings. The largest absolute Gasteiger partial charge is 0.481 e. The van der Waals surface area contributed by atoms with Crippen LogP contribution in [0.3, 0.4) is 0 Å². The number of nitrogens with zero attached hydrogens (tertiary/aromatic N) is 1. The Morgan fingerprint density at radius 3 is 2.29 bits per heavy atom. The normalized spacial score (nSPS) is 14.1. The Labute approximate surface area is 168 Å². The highest BCUT2D eigenvalue weighted by Crippen LogP contribution is 2.32. The number of hydrogen-bond donors (Lipinski definition) is 1. The molecule has 1 amide bonds. The van der Waals surface area contributed by atoms with Gasteiger partial charge in [0.1, 0.15) is 0 Å². The van der Waals surface area contributed by atoms with E-state index in [4.69, 9.17) is 16.7 Å². The molecule has 140 valence electrons. The molecule has 4 nitrogen and oxygen atoms in total. The SMILES string of the molecule is CC(C(=O)O)c1ccc(N2Cc3cc(-c4ccc(Cl)cc4)ccc3C2=O)cc1. The van der Waals surface area contributed by atoms with Crippen molar-refractivity contribution in [3.8, 4) is 11.1 Å². The number of anilines is 1. The van der Waals surface area contributed by atoms with Crippen LogP contribution in [-0.4, -0.2) is 17.0 Å². The number of hydrogen-bond acceptors (Lipinski definition) is 2. The van der Waals surface area contributed by atoms with Crippen molar-refractivity contribution in [3.05, 3.63) is 88.4 Å². The highest BCUT2D eigenvalue weighted by Gasteiger charge is 2.29. The molecule has 1 N–H and O–H groups in total. The van der Waals surface area contributed by atoms with Crippen molar-refractivity contribution in [3.63, 3.8) is 0 Å². The second kappa shape index (κ2) is 7.13. The summed E-state index contributed by atoms with van der Waals surface area (Å²) in [7, 11) is 0. The minimum absolute atomic E-state index is 0.0447. The van der Waals surface area contributed by atoms with Gasteiger partial charge >= 0.3 is 5.97 Å². The van der Waals surface area contributed by atoms with Crippen molar-refractivity contribution >= 4 is 29.2 Å². The van der Waals surface area contributed by atoms with Gasteiger partial charge in [-0.1, -0.05) is 41.9 Å². The lowest BCUT2D eigenvalue weighted by Gasteiger charge is -2.17. The van der Waals surface area contributed by atoms with Gasteiger partial charge in [-0.15, -0.1) is 0 Å². The summed E-state index contributed by atoms with van der Waals surface area (Å²) in [4.78, 5) is 25.7. The smallest absolute Gasteiger partial charge is 0.310 e. The third-order valence-corrected chi connectivity index (χ3v) is 5.41. The molecule has 1 unspecified atom stereocenters. The first-order chi connectivity index (χ1) is 13.4. The van der Waals surface area contributed by atoms with Crippen LogP contribution in [-0.2, 0) is 11.3 Å². The molecule has 0 spiro atoms. The van der Waals surface area contributed by atoms with E-state index in [0.29, 0.717) is 22.7 Å². The summed E-state index contributed by atoms with van der Waals surface area (Å²) in [5.74, 6) is -1.49. The van der Waals surface area contributed by atoms with Gasteiger partial charge in [0.25, 0.3) is 5.91 Å². The lowest BCUT2D eigenvalue weighted by Crippen LogP contribution is -2.23. The van der Waals surface area contributed by atoms with Gasteiger partial charge in [-0.3, -0.25) is 9.59 Å². The Balaban J connectivity index is 1.60. The second-order valence-electron chi connectivity index (χ2n) is 6.92. The second-order valence-corrected chi connectivity index (χ2v) is 7.36. The van der Waals surface area contributed by atoms with Gasteiger partial charge < -0.3 is 10.0 Å². The third kappa shape index (κ3) is 3.27. The molecule has 0 saturated carbocycles. The summed E-state index contributed by atoms with van der Waals surface area (Å²) in [6.07, 6.45) is 0. The zero-order valence-electron chi connectivity index (χ0n) is 15.2. The van der Waals surface area contributed by atoms with Crippen molar-refractivity contribution in [1.29, 1.82) is 0 Å². The van der Waals surface area contributed by atoms with Crippen molar-refractivity contribution < 1.29 is 14.7 Å². The van der Waals surface area contributed by atoms with E-state index in [2.05, 4.69) is 0 Å². The number of rotatable bonds is 4. The summed E-state index contributed by atoms with van der Waals surface area (Å²) in [5, 5.41) is 9.83. The van der Waals surface area contributed by atoms with E-state index in [9.17, 15) is 9.59 Å². The van der Waals surface area contributed by atoms with Crippen LogP contribution in [0.25, 0.3) is 11.1 Å². The summed E-state index contributed by atoms with van der Waals surface area (Å²) in [6, 6.07) is 20.6. The van der Waals surface area contributed by atoms with Gasteiger partial charge in [0.15, 0.2) is 0 Å². The van der Waals surface area contributed by atoms with Crippen molar-refractivity contribution in [2.24, 2.45) is 0 Å². The highest BCUT2D eigenvalue weighted by atomic mass is 35.5. The molecular formula is C23H18ClNO3. The maximum atomic E-state index is 12.8. The number of carbonyl (C=O) groups is 2. The van der Waals surface area contributed by atoms with Gasteiger partial charge in [0, 0.05) is 16.3 Å². The van der Waals surface area contributed by atoms with E-state index in [0.717, 1.165) is 22.4 Å². The molecule has 0 radical (unpaired) electrons. The molecule has 1 aliphatic rings. The summed E-state index contributed by atoms with van der Waals surface area (Å²) in [5.41, 5.74) is 5.22. The lowest BCUT2D eigenvalue weighted by atomic mass is 10.0. The lowest BCUT2D eigenvalue weighted by molar-refractivity contribution is -0.138. The number of aliphatic carboxylic acids is 1. The molecule has 28 heavy (non-hydrogen) atoms. The van der Waals surface area contributed by atoms with Crippen LogP contribution in [0, 0.1) is 0 Å². The Morgan fingerprint density at radius 1 is 1.00 bits per heavy atom. The van der Waals surface area contributed by atoms with Crippen LogP contribution in [0.15, 0.2) is 66.7 Å². The molecule has 0 aliphatic carbocycles. The highest BCUT2D eigenvalue weighted by molar-refractivity contribution is 6.30. The summed E-state index contributed by atoms with van der Waals surface area (Å²) >= 11 is 5.96. The van der Waals surface area contributed by atoms with E-state index in [1.165, 1.54) is 0 Å². The van der Waals surface area contributed by atoms with Gasteiger partial charge in [-0.25, -0.2) is 0 Å². The molecule has 3 aromatic carbocycles. The molecule has 1 atom stereocenters. The van der Waals surface area contributed by atoms with Crippen molar-refractivity contribution in [1.82, 2.24) is 0 Å². The number of halogens is 1. The number of carboxylic acid groups (broad SMARTS) is 1. The average Bonchev–Trinajstić information content (AvgIpc) is 3.04. The number of carboxylic acids is 1. The van der Waals surface area contributed by atoms with Crippen LogP contribution in [0.4, 0.5) is 5.69 Å². The Hall–Kier alpha value is -3.11. The average molecular weight is 392 g/mol. The fraction of sp³-hybridized carbons (Fsp3) is 0.130. The number of amides is 1. The van der Waals surface area contributed by atoms with Crippen molar-refractivity contribution in [2.45, 2.75) is 19.4 Å². The predicted molar refractivity (Wildman–Crippen MR) is 110 cm³/mol. The first kappa shape index (κ1) is 18.3. The first-order valence-electron chi connectivity index (χ1n) is 8.97. The molecule has 5 heteroatoms. The van der Waals surface area contributed by atoms with E-state index < -0.39 is 11.9 Å². The van der Waals surface area contributed by atoms with E-state index in [-0.39, 0.29) is 5.91 Å². The topological polar surface area (TPSA) is 57.6 Å². The Bertz CT molecular complexity index is 1060. The van der Waals surface area contributed by atoms with Crippen LogP contribution in [0.2, 0.25) is 5.02 Å². The van der Waals surface area contributed by atoms with Gasteiger partial charge in [-0.05, 0) is 65.6 Å². The number of fused-ring (bicyclic) bond motifs is 1. The Kier molecular flexibility index (Phi) is 4.65. The number of carbonyl (C=O) groups excluding carboxylic acids is 1. The summed E-state index contributed by atoms with van der Waals surface area (Å²) < 4.78 is 0. The first-order valence-corrected chi connectivity index (χ1v) is 9.35. The third-order valence-electron chi connectivity index (χ3n) is 5.16. The van der Waals surface area contributed by atoms with E-state index in [1.807, 2.05) is 42.5 Å². The maximum absolute atomic E-state index is 12.8. The standard InChI is InChI=1S/C23H18ClNO3/c1-14(23(27)28)15-4-9-20(10-5-15)25-13-18-12-17(6-11-21(18)22(25)26)16-2-7-19(24)8-3-16/h2-12,14H,13H2,1H3,(H,27,28). The van der Waals surface area contributed by atoms with Gasteiger partial charge in [-0.2, -0.15) is 0 Å². The van der Waals surface area contributed by atoms with Crippen LogP contribution < -0.4 is 4.90 Å². The van der Waals surface area contributed by atoms with E-state index in [1.54, 1.807) is 36.1 Å². The van der Waals surface area contributed by atoms with E-state index >= 15 is 0 Å². The zero-order valence-corrected chi connectivity index (χ0v) is 16.0. The molecule has 0 aromatic heterocycles. The molecule has 1 heterocycles. The Morgan fingerprint density at radius 2 is 1.64 bits per heavy atom. The molecule has 0 bridgehead atoms. The monoisotopic (exact) mass is 391 g/mol. The number of benzene rings is 3. The van der Waals surface area contributed by atoms with Gasteiger partial charge in [0.05, 0.1) is 12.5 Å². The van der Waals surface area contributed by atoms with Crippen molar-refractivity contribution in [2.75, 3.05) is 4.90 Å². The fourth-order valence-corrected chi connectivity index (χ4v) is 3.56. The molecular weight excluding hydrogens is 374 g/mol. The van der Waals surface area contributed by atoms with Crippen LogP contribution in [0.1, 0.15) is 34.3 Å². The fourth-order valence-electron chi connectivity index (χ4n) is 3.44. The van der Waals surface area contributed by atoms with Gasteiger partial charge in [0.2, 0.25) is 0 Å². The molecule has 4 rings (SSSR count). The zero-order chi connectivity index (χ0) is 19.8. The molecule has 0 fully saturated rings. The minimum Gasteiger partial charge on any atom is -0.481 e. The molecule has 1 aliphatic heterocycles. The maximum Gasteiger partial charge on any atom is 0.310 e. The molecule has 0 saturated heterocycles. The van der Waals surface area contributed by atoms with Crippen LogP contribution in [0.5, 0.6) is 0 Å². The summed E-state index contributed by atoms with van der Waals surface area (Å²) in [6.45, 7) is 2.13. The van der Waals surface area contributed by atoms with Crippen LogP contribution >= 0.6 is 11.6 Å².